The van der Waals surface area contributed by atoms with Gasteiger partial charge in [0.05, 0.1) is 28.5 Å². The van der Waals surface area contributed by atoms with Crippen molar-refractivity contribution < 1.29 is 8.42 Å². The lowest BCUT2D eigenvalue weighted by Gasteiger charge is -2.10. The highest BCUT2D eigenvalue weighted by Gasteiger charge is 2.19. The number of hydrogen-bond acceptors (Lipinski definition) is 4. The predicted octanol–water partition coefficient (Wildman–Crippen LogP) is 2.71. The van der Waals surface area contributed by atoms with Crippen LogP contribution < -0.4 is 10.5 Å². The summed E-state index contributed by atoms with van der Waals surface area (Å²) in [6.45, 7) is 0.795. The first-order chi connectivity index (χ1) is 9.85. The molecule has 0 saturated carbocycles. The minimum absolute atomic E-state index is 0.0195. The molecule has 0 aliphatic carbocycles. The number of nitrogens with zero attached hydrogens (tertiary/aromatic N) is 2. The van der Waals surface area contributed by atoms with Crippen molar-refractivity contribution in [3.63, 3.8) is 0 Å². The lowest BCUT2D eigenvalue weighted by atomic mass is 10.3. The fourth-order valence-corrected chi connectivity index (χ4v) is 3.45. The molecule has 3 N–H and O–H groups in total. The highest BCUT2D eigenvalue weighted by molar-refractivity contribution is 9.10. The fraction of sp³-hybridized carbons (Fsp3) is 0.182. The van der Waals surface area contributed by atoms with E-state index in [0.717, 1.165) is 0 Å². The Morgan fingerprint density at radius 2 is 2.05 bits per heavy atom. The molecule has 0 bridgehead atoms. The summed E-state index contributed by atoms with van der Waals surface area (Å²) in [4.78, 5) is 0.0195. The molecule has 0 amide bonds. The predicted molar refractivity (Wildman–Crippen MR) is 86.3 cm³/mol. The van der Waals surface area contributed by atoms with Crippen molar-refractivity contribution in [2.45, 2.75) is 11.4 Å². The molecular formula is C11H11BrCl2N4O2S. The molecule has 2 aromatic rings. The number of anilines is 1. The third kappa shape index (κ3) is 3.70. The van der Waals surface area contributed by atoms with E-state index in [1.807, 2.05) is 0 Å². The van der Waals surface area contributed by atoms with E-state index >= 15 is 0 Å². The Bertz CT molecular complexity index is 764. The Balaban J connectivity index is 2.31. The Labute approximate surface area is 140 Å². The molecule has 0 aliphatic heterocycles. The largest absolute Gasteiger partial charge is 0.329 e. The molecule has 0 radical (unpaired) electrons. The van der Waals surface area contributed by atoms with Gasteiger partial charge in [-0.25, -0.2) is 8.42 Å². The van der Waals surface area contributed by atoms with Crippen LogP contribution in [0.1, 0.15) is 0 Å². The maximum absolute atomic E-state index is 12.3. The Morgan fingerprint density at radius 1 is 1.33 bits per heavy atom. The van der Waals surface area contributed by atoms with Crippen LogP contribution in [0, 0.1) is 0 Å². The molecule has 0 saturated heterocycles. The monoisotopic (exact) mass is 412 g/mol. The van der Waals surface area contributed by atoms with Crippen LogP contribution in [0.15, 0.2) is 33.9 Å². The quantitative estimate of drug-likeness (QED) is 0.737. The van der Waals surface area contributed by atoms with Crippen molar-refractivity contribution >= 4 is 54.8 Å². The zero-order valence-corrected chi connectivity index (χ0v) is 14.5. The number of halogens is 3. The molecule has 0 fully saturated rings. The van der Waals surface area contributed by atoms with Gasteiger partial charge in [0, 0.05) is 17.2 Å². The van der Waals surface area contributed by atoms with E-state index in [1.165, 1.54) is 23.1 Å². The van der Waals surface area contributed by atoms with E-state index in [-0.39, 0.29) is 20.6 Å². The Kier molecular flexibility index (Phi) is 5.15. The van der Waals surface area contributed by atoms with Crippen molar-refractivity contribution in [3.8, 4) is 0 Å². The molecule has 1 aromatic carbocycles. The van der Waals surface area contributed by atoms with Crippen LogP contribution in [-0.4, -0.2) is 24.7 Å². The summed E-state index contributed by atoms with van der Waals surface area (Å²) >= 11 is 15.2. The van der Waals surface area contributed by atoms with Crippen LogP contribution in [0.3, 0.4) is 0 Å². The standard InChI is InChI=1S/C11H11BrCl2N4O2S/c12-8-1-2-9(11(14)10(8)13)17-21(19,20)7-5-16-18(6-7)4-3-15/h1-2,5-6,17H,3-4,15H2. The molecule has 2 rings (SSSR count). The van der Waals surface area contributed by atoms with E-state index in [9.17, 15) is 8.42 Å². The molecule has 0 spiro atoms. The summed E-state index contributed by atoms with van der Waals surface area (Å²) in [6.07, 6.45) is 2.63. The minimum Gasteiger partial charge on any atom is -0.329 e. The van der Waals surface area contributed by atoms with Gasteiger partial charge in [0.1, 0.15) is 4.90 Å². The zero-order valence-electron chi connectivity index (χ0n) is 10.6. The fourth-order valence-electron chi connectivity index (χ4n) is 1.55. The maximum Gasteiger partial charge on any atom is 0.265 e. The second-order valence-corrected chi connectivity index (χ2v) is 7.35. The van der Waals surface area contributed by atoms with Gasteiger partial charge in [0.2, 0.25) is 0 Å². The average molecular weight is 414 g/mol. The van der Waals surface area contributed by atoms with E-state index in [2.05, 4.69) is 25.8 Å². The first-order valence-electron chi connectivity index (χ1n) is 5.74. The van der Waals surface area contributed by atoms with Gasteiger partial charge in [-0.05, 0) is 28.1 Å². The van der Waals surface area contributed by atoms with Gasteiger partial charge in [-0.15, -0.1) is 0 Å². The van der Waals surface area contributed by atoms with Crippen LogP contribution >= 0.6 is 39.1 Å². The first kappa shape index (κ1) is 16.6. The van der Waals surface area contributed by atoms with Crippen LogP contribution in [0.4, 0.5) is 5.69 Å². The third-order valence-corrected chi connectivity index (χ3v) is 5.65. The normalized spacial score (nSPS) is 11.6. The SMILES string of the molecule is NCCn1cc(S(=O)(=O)Nc2ccc(Br)c(Cl)c2Cl)cn1. The summed E-state index contributed by atoms with van der Waals surface area (Å²) in [7, 11) is -3.80. The number of aromatic nitrogens is 2. The van der Waals surface area contributed by atoms with E-state index < -0.39 is 10.0 Å². The zero-order chi connectivity index (χ0) is 15.6. The third-order valence-electron chi connectivity index (χ3n) is 2.56. The Hall–Kier alpha value is -0.800. The number of rotatable bonds is 5. The summed E-state index contributed by atoms with van der Waals surface area (Å²) in [6, 6.07) is 3.12. The van der Waals surface area contributed by atoms with Crippen molar-refractivity contribution in [1.82, 2.24) is 9.78 Å². The smallest absolute Gasteiger partial charge is 0.265 e. The molecular weight excluding hydrogens is 403 g/mol. The van der Waals surface area contributed by atoms with Crippen LogP contribution in [0.2, 0.25) is 10.0 Å². The molecule has 0 aliphatic rings. The summed E-state index contributed by atoms with van der Waals surface area (Å²) in [5.41, 5.74) is 5.58. The summed E-state index contributed by atoms with van der Waals surface area (Å²) in [5, 5.41) is 4.27. The molecule has 1 aromatic heterocycles. The molecule has 0 unspecified atom stereocenters. The van der Waals surface area contributed by atoms with Crippen molar-refractivity contribution in [3.05, 3.63) is 39.0 Å². The number of benzene rings is 1. The van der Waals surface area contributed by atoms with Crippen LogP contribution in [0.5, 0.6) is 0 Å². The second kappa shape index (κ2) is 6.53. The lowest BCUT2D eigenvalue weighted by Crippen LogP contribution is -2.13. The van der Waals surface area contributed by atoms with Crippen molar-refractivity contribution in [2.24, 2.45) is 5.73 Å². The number of hydrogen-bond donors (Lipinski definition) is 2. The second-order valence-electron chi connectivity index (χ2n) is 4.06. The molecule has 0 atom stereocenters. The average Bonchev–Trinajstić information content (AvgIpc) is 2.89. The molecule has 6 nitrogen and oxygen atoms in total. The van der Waals surface area contributed by atoms with Gasteiger partial charge in [0.15, 0.2) is 0 Å². The van der Waals surface area contributed by atoms with Crippen LogP contribution in [-0.2, 0) is 16.6 Å². The molecule has 114 valence electrons. The minimum atomic E-state index is -3.80. The van der Waals surface area contributed by atoms with Gasteiger partial charge in [0.25, 0.3) is 10.0 Å². The van der Waals surface area contributed by atoms with Gasteiger partial charge in [-0.2, -0.15) is 5.10 Å². The highest BCUT2D eigenvalue weighted by Crippen LogP contribution is 2.36. The van der Waals surface area contributed by atoms with Crippen molar-refractivity contribution in [2.75, 3.05) is 11.3 Å². The molecule has 1 heterocycles. The lowest BCUT2D eigenvalue weighted by molar-refractivity contribution is 0.599. The van der Waals surface area contributed by atoms with Gasteiger partial charge < -0.3 is 5.73 Å². The maximum atomic E-state index is 12.3. The van der Waals surface area contributed by atoms with Gasteiger partial charge >= 0.3 is 0 Å². The number of sulfonamides is 1. The van der Waals surface area contributed by atoms with Crippen LogP contribution in [0.25, 0.3) is 0 Å². The van der Waals surface area contributed by atoms with Crippen molar-refractivity contribution in [1.29, 1.82) is 0 Å². The van der Waals surface area contributed by atoms with E-state index in [4.69, 9.17) is 28.9 Å². The summed E-state index contributed by atoms with van der Waals surface area (Å²) in [5.74, 6) is 0. The molecule has 10 heteroatoms. The molecule has 21 heavy (non-hydrogen) atoms. The van der Waals surface area contributed by atoms with E-state index in [1.54, 1.807) is 6.07 Å². The van der Waals surface area contributed by atoms with Gasteiger partial charge in [-0.1, -0.05) is 23.2 Å². The Morgan fingerprint density at radius 3 is 2.71 bits per heavy atom. The number of nitrogens with two attached hydrogens (primary N) is 1. The first-order valence-corrected chi connectivity index (χ1v) is 8.77. The highest BCUT2D eigenvalue weighted by atomic mass is 79.9. The number of nitrogens with one attached hydrogen (secondary N) is 1. The van der Waals surface area contributed by atoms with E-state index in [0.29, 0.717) is 17.6 Å². The summed E-state index contributed by atoms with van der Waals surface area (Å²) < 4.78 is 28.9. The van der Waals surface area contributed by atoms with Gasteiger partial charge in [-0.3, -0.25) is 9.40 Å². The topological polar surface area (TPSA) is 90.0 Å².